The van der Waals surface area contributed by atoms with E-state index >= 15 is 0 Å². The number of thioether (sulfide) groups is 1. The average molecular weight is 380 g/mol. The van der Waals surface area contributed by atoms with Gasteiger partial charge >= 0.3 is 5.97 Å². The van der Waals surface area contributed by atoms with E-state index in [4.69, 9.17) is 4.74 Å². The molecule has 1 aromatic carbocycles. The van der Waals surface area contributed by atoms with E-state index in [0.717, 1.165) is 21.7 Å². The molecule has 0 aliphatic rings. The molecule has 2 aromatic heterocycles. The molecule has 0 saturated carbocycles. The van der Waals surface area contributed by atoms with Crippen LogP contribution in [-0.4, -0.2) is 23.3 Å². The number of aromatic nitrogens is 1. The molecule has 0 saturated heterocycles. The summed E-state index contributed by atoms with van der Waals surface area (Å²) >= 11 is 2.81. The van der Waals surface area contributed by atoms with Crippen LogP contribution in [0, 0.1) is 11.3 Å². The van der Waals surface area contributed by atoms with E-state index in [-0.39, 0.29) is 11.7 Å². The summed E-state index contributed by atoms with van der Waals surface area (Å²) in [5.74, 6) is -0.191. The van der Waals surface area contributed by atoms with Gasteiger partial charge in [0, 0.05) is 16.0 Å². The van der Waals surface area contributed by atoms with Crippen molar-refractivity contribution in [1.82, 2.24) is 4.98 Å². The highest BCUT2D eigenvalue weighted by atomic mass is 32.2. The van der Waals surface area contributed by atoms with Gasteiger partial charge in [0.25, 0.3) is 0 Å². The lowest BCUT2D eigenvalue weighted by Gasteiger charge is -2.11. The monoisotopic (exact) mass is 380 g/mol. The molecule has 0 aliphatic heterocycles. The summed E-state index contributed by atoms with van der Waals surface area (Å²) in [6.45, 7) is 2.11. The Bertz CT molecular complexity index is 932. The summed E-state index contributed by atoms with van der Waals surface area (Å²) in [7, 11) is 0. The van der Waals surface area contributed by atoms with E-state index in [0.29, 0.717) is 17.2 Å². The van der Waals surface area contributed by atoms with Gasteiger partial charge in [-0.05, 0) is 24.4 Å². The fourth-order valence-corrected chi connectivity index (χ4v) is 4.00. The normalized spacial score (nSPS) is 10.3. The summed E-state index contributed by atoms with van der Waals surface area (Å²) in [4.78, 5) is 17.4. The first-order valence-electron chi connectivity index (χ1n) is 8.05. The van der Waals surface area contributed by atoms with Crippen molar-refractivity contribution >= 4 is 29.1 Å². The number of nitriles is 1. The number of hydrogen-bond acceptors (Lipinski definition) is 6. The standard InChI is InChI=1S/C20H16N2O2S2/c1-2-24-19(23)13-26-20-16(12-21)15(18-9-6-10-25-18)11-17(22-20)14-7-4-3-5-8-14/h3-11H,2,13H2,1H3. The predicted octanol–water partition coefficient (Wildman–Crippen LogP) is 5.00. The molecule has 0 bridgehead atoms. The minimum absolute atomic E-state index is 0.123. The van der Waals surface area contributed by atoms with E-state index in [1.54, 1.807) is 18.3 Å². The van der Waals surface area contributed by atoms with Gasteiger partial charge in [0.05, 0.1) is 23.6 Å². The summed E-state index contributed by atoms with van der Waals surface area (Å²) in [5.41, 5.74) is 3.07. The van der Waals surface area contributed by atoms with Crippen molar-refractivity contribution in [1.29, 1.82) is 5.26 Å². The minimum Gasteiger partial charge on any atom is -0.465 e. The number of carbonyl (C=O) groups excluding carboxylic acids is 1. The molecule has 3 aromatic rings. The first-order valence-corrected chi connectivity index (χ1v) is 9.92. The number of benzene rings is 1. The number of ether oxygens (including phenoxy) is 1. The Morgan fingerprint density at radius 3 is 2.73 bits per heavy atom. The van der Waals surface area contributed by atoms with Crippen LogP contribution in [0.5, 0.6) is 0 Å². The van der Waals surface area contributed by atoms with Crippen molar-refractivity contribution in [3.63, 3.8) is 0 Å². The van der Waals surface area contributed by atoms with Crippen molar-refractivity contribution in [3.05, 3.63) is 59.5 Å². The fraction of sp³-hybridized carbons (Fsp3) is 0.150. The van der Waals surface area contributed by atoms with Crippen LogP contribution in [0.15, 0.2) is 58.9 Å². The minimum atomic E-state index is -0.314. The van der Waals surface area contributed by atoms with Crippen LogP contribution >= 0.6 is 23.1 Å². The van der Waals surface area contributed by atoms with Crippen LogP contribution in [-0.2, 0) is 9.53 Å². The molecule has 0 spiro atoms. The van der Waals surface area contributed by atoms with Gasteiger partial charge in [0.1, 0.15) is 11.1 Å². The third-order valence-corrected chi connectivity index (χ3v) is 5.44. The molecule has 26 heavy (non-hydrogen) atoms. The number of nitrogens with zero attached hydrogens (tertiary/aromatic N) is 2. The summed E-state index contributed by atoms with van der Waals surface area (Å²) in [6, 6.07) is 17.9. The van der Waals surface area contributed by atoms with E-state index < -0.39 is 0 Å². The zero-order valence-corrected chi connectivity index (χ0v) is 15.8. The first kappa shape index (κ1) is 18.2. The molecule has 0 unspecified atom stereocenters. The Hall–Kier alpha value is -2.62. The Balaban J connectivity index is 2.07. The van der Waals surface area contributed by atoms with Gasteiger partial charge in [-0.3, -0.25) is 4.79 Å². The summed E-state index contributed by atoms with van der Waals surface area (Å²) in [6.07, 6.45) is 0. The van der Waals surface area contributed by atoms with Crippen LogP contribution in [0.2, 0.25) is 0 Å². The van der Waals surface area contributed by atoms with E-state index in [2.05, 4.69) is 11.1 Å². The Morgan fingerprint density at radius 1 is 1.27 bits per heavy atom. The van der Waals surface area contributed by atoms with Gasteiger partial charge in [-0.15, -0.1) is 11.3 Å². The predicted molar refractivity (Wildman–Crippen MR) is 105 cm³/mol. The fourth-order valence-electron chi connectivity index (χ4n) is 2.45. The van der Waals surface area contributed by atoms with Crippen LogP contribution in [0.25, 0.3) is 21.7 Å². The maximum atomic E-state index is 11.7. The van der Waals surface area contributed by atoms with E-state index in [1.165, 1.54) is 11.8 Å². The van der Waals surface area contributed by atoms with Crippen molar-refractivity contribution in [2.24, 2.45) is 0 Å². The van der Waals surface area contributed by atoms with Crippen LogP contribution < -0.4 is 0 Å². The number of thiophene rings is 1. The van der Waals surface area contributed by atoms with E-state index in [9.17, 15) is 10.1 Å². The van der Waals surface area contributed by atoms with Gasteiger partial charge in [-0.2, -0.15) is 5.26 Å². The van der Waals surface area contributed by atoms with Gasteiger partial charge in [-0.25, -0.2) is 4.98 Å². The van der Waals surface area contributed by atoms with Crippen LogP contribution in [0.3, 0.4) is 0 Å². The second kappa shape index (κ2) is 8.65. The largest absolute Gasteiger partial charge is 0.465 e. The number of hydrogen-bond donors (Lipinski definition) is 0. The molecule has 0 radical (unpaired) electrons. The van der Waals surface area contributed by atoms with E-state index in [1.807, 2.05) is 53.9 Å². The number of esters is 1. The lowest BCUT2D eigenvalue weighted by molar-refractivity contribution is -0.139. The van der Waals surface area contributed by atoms with Gasteiger partial charge in [-0.1, -0.05) is 48.2 Å². The lowest BCUT2D eigenvalue weighted by Crippen LogP contribution is -2.07. The third-order valence-electron chi connectivity index (χ3n) is 3.59. The zero-order valence-electron chi connectivity index (χ0n) is 14.1. The third kappa shape index (κ3) is 4.13. The van der Waals surface area contributed by atoms with Crippen molar-refractivity contribution in [3.8, 4) is 27.8 Å². The Morgan fingerprint density at radius 2 is 2.08 bits per heavy atom. The van der Waals surface area contributed by atoms with Gasteiger partial charge in [0.15, 0.2) is 0 Å². The highest BCUT2D eigenvalue weighted by molar-refractivity contribution is 7.99. The molecule has 0 N–H and O–H groups in total. The average Bonchev–Trinajstić information content (AvgIpc) is 3.21. The molecule has 4 nitrogen and oxygen atoms in total. The highest BCUT2D eigenvalue weighted by Gasteiger charge is 2.17. The molecular weight excluding hydrogens is 364 g/mol. The smallest absolute Gasteiger partial charge is 0.316 e. The zero-order chi connectivity index (χ0) is 18.4. The molecular formula is C20H16N2O2S2. The quantitative estimate of drug-likeness (QED) is 0.445. The summed E-state index contributed by atoms with van der Waals surface area (Å²) < 4.78 is 4.99. The maximum Gasteiger partial charge on any atom is 0.316 e. The lowest BCUT2D eigenvalue weighted by atomic mass is 10.0. The molecule has 6 heteroatoms. The number of pyridine rings is 1. The number of rotatable bonds is 6. The van der Waals surface area contributed by atoms with Crippen molar-refractivity contribution in [2.75, 3.05) is 12.4 Å². The SMILES string of the molecule is CCOC(=O)CSc1nc(-c2ccccc2)cc(-c2cccs2)c1C#N. The molecule has 3 rings (SSSR count). The van der Waals surface area contributed by atoms with Crippen molar-refractivity contribution < 1.29 is 9.53 Å². The van der Waals surface area contributed by atoms with Gasteiger partial charge in [0.2, 0.25) is 0 Å². The Kier molecular flexibility index (Phi) is 6.05. The van der Waals surface area contributed by atoms with Gasteiger partial charge < -0.3 is 4.74 Å². The highest BCUT2D eigenvalue weighted by Crippen LogP contribution is 2.36. The molecule has 0 atom stereocenters. The maximum absolute atomic E-state index is 11.7. The van der Waals surface area contributed by atoms with Crippen molar-refractivity contribution in [2.45, 2.75) is 11.9 Å². The second-order valence-electron chi connectivity index (χ2n) is 5.28. The molecule has 0 aliphatic carbocycles. The first-order chi connectivity index (χ1) is 12.7. The number of carbonyl (C=O) groups is 1. The van der Waals surface area contributed by atoms with Crippen LogP contribution in [0.1, 0.15) is 12.5 Å². The molecule has 0 amide bonds. The molecule has 130 valence electrons. The molecule has 2 heterocycles. The van der Waals surface area contributed by atoms with Crippen LogP contribution in [0.4, 0.5) is 0 Å². The second-order valence-corrected chi connectivity index (χ2v) is 7.20. The Labute approximate surface area is 160 Å². The summed E-state index contributed by atoms with van der Waals surface area (Å²) in [5, 5.41) is 12.2. The topological polar surface area (TPSA) is 63.0 Å². The molecule has 0 fully saturated rings.